The molecular weight excluding hydrogens is 404 g/mol. The Balaban J connectivity index is 1.40. The molecule has 1 aliphatic carbocycles. The topological polar surface area (TPSA) is 85.1 Å². The van der Waals surface area contributed by atoms with E-state index in [0.717, 1.165) is 42.8 Å². The summed E-state index contributed by atoms with van der Waals surface area (Å²) in [6, 6.07) is 10.2. The van der Waals surface area contributed by atoms with Crippen LogP contribution in [0.4, 0.5) is 0 Å². The van der Waals surface area contributed by atoms with Crippen LogP contribution in [-0.2, 0) is 20.5 Å². The van der Waals surface area contributed by atoms with Gasteiger partial charge in [0.25, 0.3) is 11.8 Å². The summed E-state index contributed by atoms with van der Waals surface area (Å²) in [4.78, 5) is 32.4. The highest BCUT2D eigenvalue weighted by molar-refractivity contribution is 6.06. The fourth-order valence-corrected chi connectivity index (χ4v) is 4.37. The standard InChI is InChI=1S/C24H30N6O2/c1-28-16-20(17-9-5-4-6-10-17)27-21(28)13-14-25-23(31)22-19(15-26-30(22)3)24(32)29(2)18-11-7-8-12-18/h4-6,9-10,15-16,18H,7-8,11-14H2,1-3H3,(H,25,31). The number of benzene rings is 1. The molecule has 0 saturated heterocycles. The molecule has 0 spiro atoms. The van der Waals surface area contributed by atoms with Gasteiger partial charge in [-0.15, -0.1) is 0 Å². The fraction of sp³-hybridized carbons (Fsp3) is 0.417. The number of nitrogens with zero attached hydrogens (tertiary/aromatic N) is 5. The number of carbonyl (C=O) groups is 2. The summed E-state index contributed by atoms with van der Waals surface area (Å²) in [5, 5.41) is 7.11. The van der Waals surface area contributed by atoms with Crippen molar-refractivity contribution in [2.45, 2.75) is 38.1 Å². The highest BCUT2D eigenvalue weighted by Gasteiger charge is 2.29. The summed E-state index contributed by atoms with van der Waals surface area (Å²) in [5.74, 6) is 0.434. The third-order valence-electron chi connectivity index (χ3n) is 6.25. The molecule has 2 aromatic heterocycles. The van der Waals surface area contributed by atoms with Crippen molar-refractivity contribution in [3.63, 3.8) is 0 Å². The molecular formula is C24H30N6O2. The zero-order valence-corrected chi connectivity index (χ0v) is 18.9. The smallest absolute Gasteiger partial charge is 0.270 e. The van der Waals surface area contributed by atoms with Crippen molar-refractivity contribution < 1.29 is 9.59 Å². The molecule has 4 rings (SSSR count). The van der Waals surface area contributed by atoms with Crippen molar-refractivity contribution in [1.82, 2.24) is 29.5 Å². The second-order valence-corrected chi connectivity index (χ2v) is 8.41. The van der Waals surface area contributed by atoms with E-state index in [-0.39, 0.29) is 17.9 Å². The quantitative estimate of drug-likeness (QED) is 0.620. The summed E-state index contributed by atoms with van der Waals surface area (Å²) in [5.41, 5.74) is 2.61. The summed E-state index contributed by atoms with van der Waals surface area (Å²) < 4.78 is 3.45. The molecule has 2 amide bonds. The molecule has 0 bridgehead atoms. The van der Waals surface area contributed by atoms with Crippen LogP contribution in [0.15, 0.2) is 42.7 Å². The minimum atomic E-state index is -0.300. The maximum absolute atomic E-state index is 13.0. The average Bonchev–Trinajstić information content (AvgIpc) is 3.54. The lowest BCUT2D eigenvalue weighted by Gasteiger charge is -2.24. The Kier molecular flexibility index (Phi) is 6.39. The third kappa shape index (κ3) is 4.44. The SMILES string of the molecule is CN(C(=O)c1cnn(C)c1C(=O)NCCc1nc(-c2ccccc2)cn1C)C1CCCC1. The molecule has 1 saturated carbocycles. The van der Waals surface area contributed by atoms with Crippen molar-refractivity contribution in [3.8, 4) is 11.3 Å². The van der Waals surface area contributed by atoms with Crippen molar-refractivity contribution >= 4 is 11.8 Å². The second kappa shape index (κ2) is 9.38. The van der Waals surface area contributed by atoms with E-state index in [2.05, 4.69) is 10.4 Å². The van der Waals surface area contributed by atoms with Gasteiger partial charge in [0.2, 0.25) is 0 Å². The first-order valence-corrected chi connectivity index (χ1v) is 11.1. The number of aromatic nitrogens is 4. The van der Waals surface area contributed by atoms with Gasteiger partial charge < -0.3 is 14.8 Å². The van der Waals surface area contributed by atoms with Crippen LogP contribution in [0, 0.1) is 0 Å². The van der Waals surface area contributed by atoms with Gasteiger partial charge in [0.05, 0.1) is 17.5 Å². The molecule has 8 nitrogen and oxygen atoms in total. The van der Waals surface area contributed by atoms with Crippen molar-refractivity contribution in [1.29, 1.82) is 0 Å². The number of carbonyl (C=O) groups excluding carboxylic acids is 2. The zero-order valence-electron chi connectivity index (χ0n) is 18.9. The van der Waals surface area contributed by atoms with E-state index < -0.39 is 0 Å². The molecule has 3 aromatic rings. The summed E-state index contributed by atoms with van der Waals surface area (Å²) >= 11 is 0. The number of amides is 2. The lowest BCUT2D eigenvalue weighted by molar-refractivity contribution is 0.0728. The van der Waals surface area contributed by atoms with E-state index in [4.69, 9.17) is 4.98 Å². The van der Waals surface area contributed by atoms with Gasteiger partial charge in [0.15, 0.2) is 0 Å². The van der Waals surface area contributed by atoms with Gasteiger partial charge in [-0.1, -0.05) is 43.2 Å². The van der Waals surface area contributed by atoms with E-state index in [1.165, 1.54) is 10.9 Å². The second-order valence-electron chi connectivity index (χ2n) is 8.41. The zero-order chi connectivity index (χ0) is 22.7. The largest absolute Gasteiger partial charge is 0.350 e. The molecule has 0 aliphatic heterocycles. The highest BCUT2D eigenvalue weighted by atomic mass is 16.2. The van der Waals surface area contributed by atoms with Crippen molar-refractivity contribution in [2.75, 3.05) is 13.6 Å². The molecule has 1 N–H and O–H groups in total. The van der Waals surface area contributed by atoms with Crippen LogP contribution in [0.1, 0.15) is 52.4 Å². The molecule has 0 unspecified atom stereocenters. The third-order valence-corrected chi connectivity index (χ3v) is 6.25. The van der Waals surface area contributed by atoms with Crippen LogP contribution in [0.25, 0.3) is 11.3 Å². The van der Waals surface area contributed by atoms with Gasteiger partial charge in [-0.3, -0.25) is 14.3 Å². The van der Waals surface area contributed by atoms with Gasteiger partial charge in [-0.2, -0.15) is 5.10 Å². The molecule has 32 heavy (non-hydrogen) atoms. The molecule has 168 valence electrons. The first-order valence-electron chi connectivity index (χ1n) is 11.1. The molecule has 1 aromatic carbocycles. The van der Waals surface area contributed by atoms with Gasteiger partial charge in [0.1, 0.15) is 11.5 Å². The highest BCUT2D eigenvalue weighted by Crippen LogP contribution is 2.24. The molecule has 0 atom stereocenters. The van der Waals surface area contributed by atoms with E-state index >= 15 is 0 Å². The number of rotatable bonds is 7. The van der Waals surface area contributed by atoms with Gasteiger partial charge >= 0.3 is 0 Å². The molecule has 8 heteroatoms. The summed E-state index contributed by atoms with van der Waals surface area (Å²) in [7, 11) is 5.46. The first kappa shape index (κ1) is 21.8. The Hall–Kier alpha value is -3.42. The van der Waals surface area contributed by atoms with Crippen LogP contribution in [0.2, 0.25) is 0 Å². The number of hydrogen-bond acceptors (Lipinski definition) is 4. The number of hydrogen-bond donors (Lipinski definition) is 1. The van der Waals surface area contributed by atoms with Crippen LogP contribution >= 0.6 is 0 Å². The fourth-order valence-electron chi connectivity index (χ4n) is 4.37. The monoisotopic (exact) mass is 434 g/mol. The Morgan fingerprint density at radius 3 is 2.59 bits per heavy atom. The van der Waals surface area contributed by atoms with E-state index in [1.54, 1.807) is 11.9 Å². The Labute approximate surface area is 188 Å². The Morgan fingerprint density at radius 2 is 1.88 bits per heavy atom. The normalized spacial score (nSPS) is 14.0. The maximum Gasteiger partial charge on any atom is 0.270 e. The van der Waals surface area contributed by atoms with Crippen molar-refractivity contribution in [2.24, 2.45) is 14.1 Å². The van der Waals surface area contributed by atoms with Crippen LogP contribution in [0.3, 0.4) is 0 Å². The summed E-state index contributed by atoms with van der Waals surface area (Å²) in [6.45, 7) is 0.412. The first-order chi connectivity index (χ1) is 15.5. The average molecular weight is 435 g/mol. The minimum Gasteiger partial charge on any atom is -0.350 e. The molecule has 2 heterocycles. The lowest BCUT2D eigenvalue weighted by Crippen LogP contribution is -2.37. The Bertz CT molecular complexity index is 1100. The van der Waals surface area contributed by atoms with Crippen LogP contribution < -0.4 is 5.32 Å². The predicted octanol–water partition coefficient (Wildman–Crippen LogP) is 2.81. The molecule has 1 aliphatic rings. The van der Waals surface area contributed by atoms with Crippen LogP contribution in [0.5, 0.6) is 0 Å². The number of nitrogens with one attached hydrogen (secondary N) is 1. The van der Waals surface area contributed by atoms with E-state index in [1.807, 2.05) is 55.2 Å². The van der Waals surface area contributed by atoms with E-state index in [0.29, 0.717) is 24.2 Å². The Morgan fingerprint density at radius 1 is 1.16 bits per heavy atom. The maximum atomic E-state index is 13.0. The van der Waals surface area contributed by atoms with Gasteiger partial charge in [-0.25, -0.2) is 4.98 Å². The summed E-state index contributed by atoms with van der Waals surface area (Å²) in [6.07, 6.45) is 8.37. The van der Waals surface area contributed by atoms with Crippen LogP contribution in [-0.4, -0.2) is 55.7 Å². The van der Waals surface area contributed by atoms with E-state index in [9.17, 15) is 9.59 Å². The lowest BCUT2D eigenvalue weighted by atomic mass is 10.1. The molecule has 0 radical (unpaired) electrons. The van der Waals surface area contributed by atoms with Gasteiger partial charge in [0, 0.05) is 51.9 Å². The number of imidazole rings is 1. The molecule has 1 fully saturated rings. The minimum absolute atomic E-state index is 0.147. The number of aryl methyl sites for hydroxylation is 2. The predicted molar refractivity (Wildman–Crippen MR) is 122 cm³/mol. The van der Waals surface area contributed by atoms with Crippen molar-refractivity contribution in [3.05, 3.63) is 59.8 Å². The van der Waals surface area contributed by atoms with Gasteiger partial charge in [-0.05, 0) is 12.8 Å².